The zero-order chi connectivity index (χ0) is 18.7. The van der Waals surface area contributed by atoms with Gasteiger partial charge in [0.15, 0.2) is 0 Å². The Kier molecular flexibility index (Phi) is 5.66. The van der Waals surface area contributed by atoms with Crippen molar-refractivity contribution in [2.45, 2.75) is 25.8 Å². The predicted molar refractivity (Wildman–Crippen MR) is 105 cm³/mol. The maximum Gasteiger partial charge on any atom is 0.230 e. The number of anilines is 1. The molecule has 3 aliphatic rings. The summed E-state index contributed by atoms with van der Waals surface area (Å²) in [4.78, 5) is 19.6. The van der Waals surface area contributed by atoms with Crippen molar-refractivity contribution in [2.75, 3.05) is 64.0 Å². The molecule has 0 aliphatic carbocycles. The maximum absolute atomic E-state index is 13.0. The van der Waals surface area contributed by atoms with E-state index in [1.165, 1.54) is 11.3 Å². The first-order valence-electron chi connectivity index (χ1n) is 10.2. The third-order valence-corrected chi connectivity index (χ3v) is 6.32. The van der Waals surface area contributed by atoms with Gasteiger partial charge in [-0.3, -0.25) is 9.69 Å². The van der Waals surface area contributed by atoms with E-state index in [2.05, 4.69) is 34.1 Å². The van der Waals surface area contributed by atoms with Crippen LogP contribution in [0, 0.1) is 5.41 Å². The maximum atomic E-state index is 13.0. The minimum atomic E-state index is -0.227. The van der Waals surface area contributed by atoms with Crippen molar-refractivity contribution in [3.05, 3.63) is 29.8 Å². The molecule has 0 radical (unpaired) electrons. The Morgan fingerprint density at radius 3 is 2.78 bits per heavy atom. The fraction of sp³-hybridized carbons (Fsp3) is 0.667. The highest BCUT2D eigenvalue weighted by Gasteiger charge is 2.47. The lowest BCUT2D eigenvalue weighted by molar-refractivity contribution is -0.146. The average Bonchev–Trinajstić information content (AvgIpc) is 3.10. The topological polar surface area (TPSA) is 56.3 Å². The zero-order valence-electron chi connectivity index (χ0n) is 16.1. The number of rotatable bonds is 5. The average molecular weight is 373 g/mol. The molecule has 1 spiro atoms. The van der Waals surface area contributed by atoms with E-state index in [0.717, 1.165) is 71.7 Å². The minimum absolute atomic E-state index is 0.0554. The number of morpholine rings is 1. The lowest BCUT2D eigenvalue weighted by atomic mass is 9.78. The normalized spacial score (nSPS) is 26.9. The van der Waals surface area contributed by atoms with E-state index in [4.69, 9.17) is 4.74 Å². The van der Waals surface area contributed by atoms with Crippen molar-refractivity contribution in [3.63, 3.8) is 0 Å². The van der Waals surface area contributed by atoms with Crippen molar-refractivity contribution in [1.29, 1.82) is 0 Å². The van der Waals surface area contributed by atoms with Gasteiger partial charge in [0.1, 0.15) is 0 Å². The number of ether oxygens (including phenoxy) is 1. The van der Waals surface area contributed by atoms with Gasteiger partial charge in [0, 0.05) is 45.0 Å². The molecule has 6 nitrogen and oxygen atoms in total. The minimum Gasteiger partial charge on any atom is -0.395 e. The number of aliphatic hydroxyl groups excluding tert-OH is 1. The molecule has 1 aromatic rings. The Hall–Kier alpha value is -1.63. The van der Waals surface area contributed by atoms with Crippen LogP contribution in [-0.2, 0) is 16.1 Å². The number of likely N-dealkylation sites (tertiary alicyclic amines) is 2. The van der Waals surface area contributed by atoms with Crippen LogP contribution < -0.4 is 4.90 Å². The van der Waals surface area contributed by atoms with Gasteiger partial charge in [-0.1, -0.05) is 12.1 Å². The fourth-order valence-corrected chi connectivity index (χ4v) is 4.89. The van der Waals surface area contributed by atoms with Crippen LogP contribution in [0.1, 0.15) is 24.8 Å². The first-order chi connectivity index (χ1) is 13.2. The number of aliphatic hydroxyl groups is 1. The molecule has 148 valence electrons. The fourth-order valence-electron chi connectivity index (χ4n) is 4.89. The van der Waals surface area contributed by atoms with E-state index in [-0.39, 0.29) is 17.9 Å². The number of hydrogen-bond donors (Lipinski definition) is 1. The number of nitrogens with zero attached hydrogens (tertiary/aromatic N) is 3. The molecule has 3 aliphatic heterocycles. The molecule has 1 amide bonds. The van der Waals surface area contributed by atoms with E-state index in [9.17, 15) is 9.90 Å². The van der Waals surface area contributed by atoms with E-state index in [1.54, 1.807) is 0 Å². The summed E-state index contributed by atoms with van der Waals surface area (Å²) >= 11 is 0. The monoisotopic (exact) mass is 373 g/mol. The summed E-state index contributed by atoms with van der Waals surface area (Å²) in [5.74, 6) is 0.257. The molecule has 1 N–H and O–H groups in total. The van der Waals surface area contributed by atoms with Crippen LogP contribution in [0.25, 0.3) is 0 Å². The number of carbonyl (C=O) groups excluding carboxylic acids is 1. The summed E-state index contributed by atoms with van der Waals surface area (Å²) in [6, 6.07) is 8.80. The molecular weight excluding hydrogens is 342 g/mol. The van der Waals surface area contributed by atoms with E-state index >= 15 is 0 Å². The van der Waals surface area contributed by atoms with Gasteiger partial charge in [0.25, 0.3) is 0 Å². The number of carbonyl (C=O) groups is 1. The molecule has 3 fully saturated rings. The predicted octanol–water partition coefficient (Wildman–Crippen LogP) is 1.33. The molecule has 27 heavy (non-hydrogen) atoms. The molecule has 3 saturated heterocycles. The summed E-state index contributed by atoms with van der Waals surface area (Å²) in [7, 11) is 0. The van der Waals surface area contributed by atoms with Gasteiger partial charge < -0.3 is 19.6 Å². The second-order valence-corrected chi connectivity index (χ2v) is 8.13. The lowest BCUT2D eigenvalue weighted by Gasteiger charge is -2.39. The van der Waals surface area contributed by atoms with E-state index < -0.39 is 0 Å². The van der Waals surface area contributed by atoms with Crippen LogP contribution in [0.3, 0.4) is 0 Å². The Labute approximate surface area is 161 Å². The molecule has 1 aromatic carbocycles. The molecule has 0 saturated carbocycles. The summed E-state index contributed by atoms with van der Waals surface area (Å²) in [6.45, 7) is 7.53. The molecule has 0 bridgehead atoms. The molecule has 6 heteroatoms. The van der Waals surface area contributed by atoms with Crippen molar-refractivity contribution >= 4 is 11.6 Å². The van der Waals surface area contributed by atoms with Crippen LogP contribution in [0.15, 0.2) is 24.3 Å². The molecule has 3 heterocycles. The third kappa shape index (κ3) is 3.98. The lowest BCUT2D eigenvalue weighted by Crippen LogP contribution is -2.50. The van der Waals surface area contributed by atoms with Gasteiger partial charge in [-0.15, -0.1) is 0 Å². The Balaban J connectivity index is 1.40. The van der Waals surface area contributed by atoms with Gasteiger partial charge in [-0.2, -0.15) is 0 Å². The largest absolute Gasteiger partial charge is 0.395 e. The Morgan fingerprint density at radius 1 is 1.11 bits per heavy atom. The van der Waals surface area contributed by atoms with Gasteiger partial charge in [-0.05, 0) is 43.5 Å². The zero-order valence-corrected chi connectivity index (χ0v) is 16.1. The van der Waals surface area contributed by atoms with Gasteiger partial charge in [0.05, 0.1) is 25.2 Å². The van der Waals surface area contributed by atoms with Crippen molar-refractivity contribution in [2.24, 2.45) is 5.41 Å². The summed E-state index contributed by atoms with van der Waals surface area (Å²) < 4.78 is 5.46. The van der Waals surface area contributed by atoms with Crippen molar-refractivity contribution < 1.29 is 14.6 Å². The SMILES string of the molecule is O=C1N(CCO)CCCC12CCN(Cc1cccc(N3CCOCC3)c1)C2. The number of amides is 1. The van der Waals surface area contributed by atoms with Crippen molar-refractivity contribution in [3.8, 4) is 0 Å². The van der Waals surface area contributed by atoms with Crippen LogP contribution in [0.2, 0.25) is 0 Å². The van der Waals surface area contributed by atoms with Gasteiger partial charge in [-0.25, -0.2) is 0 Å². The second-order valence-electron chi connectivity index (χ2n) is 8.13. The number of β-amino-alcohol motifs (C(OH)–C–C–N with tert-alkyl or cyclic N) is 1. The molecule has 1 atom stereocenters. The quantitative estimate of drug-likeness (QED) is 0.844. The highest BCUT2D eigenvalue weighted by Crippen LogP contribution is 2.40. The molecule has 0 aromatic heterocycles. The molecular formula is C21H31N3O3. The smallest absolute Gasteiger partial charge is 0.230 e. The van der Waals surface area contributed by atoms with E-state index in [1.807, 2.05) is 4.90 Å². The van der Waals surface area contributed by atoms with Gasteiger partial charge in [0.2, 0.25) is 5.91 Å². The first-order valence-corrected chi connectivity index (χ1v) is 10.2. The Bertz CT molecular complexity index is 660. The third-order valence-electron chi connectivity index (χ3n) is 6.32. The van der Waals surface area contributed by atoms with Gasteiger partial charge >= 0.3 is 0 Å². The van der Waals surface area contributed by atoms with Crippen LogP contribution >= 0.6 is 0 Å². The van der Waals surface area contributed by atoms with Crippen LogP contribution in [-0.4, -0.2) is 79.9 Å². The number of benzene rings is 1. The summed E-state index contributed by atoms with van der Waals surface area (Å²) in [6.07, 6.45) is 2.97. The summed E-state index contributed by atoms with van der Waals surface area (Å²) in [5.41, 5.74) is 2.36. The van der Waals surface area contributed by atoms with Crippen molar-refractivity contribution in [1.82, 2.24) is 9.80 Å². The first kappa shape index (κ1) is 18.7. The van der Waals surface area contributed by atoms with E-state index in [0.29, 0.717) is 6.54 Å². The molecule has 1 unspecified atom stereocenters. The summed E-state index contributed by atoms with van der Waals surface area (Å²) in [5, 5.41) is 9.23. The van der Waals surface area contributed by atoms with Crippen LogP contribution in [0.4, 0.5) is 5.69 Å². The second kappa shape index (κ2) is 8.17. The highest BCUT2D eigenvalue weighted by atomic mass is 16.5. The highest BCUT2D eigenvalue weighted by molar-refractivity contribution is 5.84. The van der Waals surface area contributed by atoms with Crippen LogP contribution in [0.5, 0.6) is 0 Å². The molecule has 4 rings (SSSR count). The Morgan fingerprint density at radius 2 is 1.96 bits per heavy atom. The number of hydrogen-bond acceptors (Lipinski definition) is 5. The standard InChI is InChI=1S/C21H31N3O3/c25-12-9-24-7-2-5-21(20(24)26)6-8-22(17-21)16-18-3-1-4-19(15-18)23-10-13-27-14-11-23/h1,3-4,15,25H,2,5-14,16-17H2. The number of piperidine rings is 1.